The Hall–Kier alpha value is -0.870. The summed E-state index contributed by atoms with van der Waals surface area (Å²) in [5.74, 6) is 0.773. The highest BCUT2D eigenvalue weighted by atomic mass is 16.3. The van der Waals surface area contributed by atoms with Crippen molar-refractivity contribution in [3.63, 3.8) is 0 Å². The van der Waals surface area contributed by atoms with E-state index in [1.54, 1.807) is 0 Å². The van der Waals surface area contributed by atoms with Gasteiger partial charge in [-0.05, 0) is 50.9 Å². The van der Waals surface area contributed by atoms with Gasteiger partial charge in [0.25, 0.3) is 0 Å². The zero-order valence-electron chi connectivity index (χ0n) is 12.7. The number of fused-ring (bicyclic) bond motifs is 1. The van der Waals surface area contributed by atoms with Crippen LogP contribution in [-0.4, -0.2) is 27.0 Å². The minimum Gasteiger partial charge on any atom is -0.389 e. The quantitative estimate of drug-likeness (QED) is 0.891. The highest BCUT2D eigenvalue weighted by Crippen LogP contribution is 2.33. The highest BCUT2D eigenvalue weighted by molar-refractivity contribution is 5.24. The Bertz CT molecular complexity index is 460. The summed E-state index contributed by atoms with van der Waals surface area (Å²) < 4.78 is 2.00. The smallest absolute Gasteiger partial charge is 0.0772 e. The van der Waals surface area contributed by atoms with E-state index < -0.39 is 5.60 Å². The lowest BCUT2D eigenvalue weighted by molar-refractivity contribution is -0.00861. The molecule has 1 aromatic heterocycles. The van der Waals surface area contributed by atoms with Gasteiger partial charge in [-0.15, -0.1) is 0 Å². The molecule has 0 saturated heterocycles. The average molecular weight is 277 g/mol. The molecule has 20 heavy (non-hydrogen) atoms. The Kier molecular flexibility index (Phi) is 3.87. The van der Waals surface area contributed by atoms with Crippen LogP contribution in [0.15, 0.2) is 6.20 Å². The fraction of sp³-hybridized carbons (Fsp3) is 0.812. The van der Waals surface area contributed by atoms with Crippen molar-refractivity contribution in [3.8, 4) is 0 Å². The Labute approximate surface area is 121 Å². The first kappa shape index (κ1) is 14.1. The summed E-state index contributed by atoms with van der Waals surface area (Å²) in [6.07, 6.45) is 9.68. The average Bonchev–Trinajstić information content (AvgIpc) is 2.83. The van der Waals surface area contributed by atoms with Gasteiger partial charge in [-0.25, -0.2) is 0 Å². The minimum atomic E-state index is -0.494. The Balaban J connectivity index is 1.62. The summed E-state index contributed by atoms with van der Waals surface area (Å²) in [6.45, 7) is 3.01. The van der Waals surface area contributed by atoms with Gasteiger partial charge in [-0.2, -0.15) is 5.10 Å². The molecule has 1 atom stereocenters. The first-order valence-corrected chi connectivity index (χ1v) is 8.04. The topological polar surface area (TPSA) is 50.1 Å². The largest absolute Gasteiger partial charge is 0.389 e. The van der Waals surface area contributed by atoms with Gasteiger partial charge in [-0.3, -0.25) is 4.68 Å². The molecule has 0 spiro atoms. The Morgan fingerprint density at radius 2 is 2.15 bits per heavy atom. The third-order valence-electron chi connectivity index (χ3n) is 5.26. The van der Waals surface area contributed by atoms with Gasteiger partial charge < -0.3 is 10.4 Å². The second-order valence-corrected chi connectivity index (χ2v) is 6.90. The lowest BCUT2D eigenvalue weighted by Gasteiger charge is -2.36. The summed E-state index contributed by atoms with van der Waals surface area (Å²) in [4.78, 5) is 0. The lowest BCUT2D eigenvalue weighted by Crippen LogP contribution is -2.44. The van der Waals surface area contributed by atoms with E-state index >= 15 is 0 Å². The first-order chi connectivity index (χ1) is 9.57. The number of hydrogen-bond donors (Lipinski definition) is 2. The minimum absolute atomic E-state index is 0.371. The molecule has 0 aliphatic heterocycles. The summed E-state index contributed by atoms with van der Waals surface area (Å²) >= 11 is 0. The highest BCUT2D eigenvalue weighted by Gasteiger charge is 2.33. The second-order valence-electron chi connectivity index (χ2n) is 6.90. The van der Waals surface area contributed by atoms with Crippen LogP contribution in [0.4, 0.5) is 0 Å². The zero-order valence-corrected chi connectivity index (χ0v) is 12.7. The van der Waals surface area contributed by atoms with Gasteiger partial charge in [0.05, 0.1) is 11.8 Å². The molecule has 2 aliphatic rings. The molecule has 0 radical (unpaired) electrons. The molecule has 2 aliphatic carbocycles. The van der Waals surface area contributed by atoms with Crippen molar-refractivity contribution in [1.29, 1.82) is 0 Å². The van der Waals surface area contributed by atoms with Crippen LogP contribution >= 0.6 is 0 Å². The van der Waals surface area contributed by atoms with E-state index in [0.29, 0.717) is 6.04 Å². The molecule has 1 heterocycles. The van der Waals surface area contributed by atoms with Crippen LogP contribution in [-0.2, 0) is 13.5 Å². The summed E-state index contributed by atoms with van der Waals surface area (Å²) in [5, 5.41) is 18.7. The number of aryl methyl sites for hydroxylation is 1. The molecular formula is C16H27N3O. The zero-order chi connectivity index (χ0) is 14.2. The molecule has 4 nitrogen and oxygen atoms in total. The Morgan fingerprint density at radius 1 is 1.40 bits per heavy atom. The molecule has 3 rings (SSSR count). The standard InChI is InChI=1S/C16H27N3O/c1-12-6-8-16(20,9-7-12)11-17-14-4-3-5-15-13(14)10-18-19(15)2/h10,12,14,17,20H,3-9,11H2,1-2H3. The lowest BCUT2D eigenvalue weighted by atomic mass is 9.79. The van der Waals surface area contributed by atoms with Crippen LogP contribution in [0.25, 0.3) is 0 Å². The van der Waals surface area contributed by atoms with Crippen molar-refractivity contribution in [2.24, 2.45) is 13.0 Å². The van der Waals surface area contributed by atoms with Crippen LogP contribution in [0.2, 0.25) is 0 Å². The van der Waals surface area contributed by atoms with Crippen LogP contribution < -0.4 is 5.32 Å². The van der Waals surface area contributed by atoms with Gasteiger partial charge in [0.1, 0.15) is 0 Å². The van der Waals surface area contributed by atoms with Crippen molar-refractivity contribution in [1.82, 2.24) is 15.1 Å². The van der Waals surface area contributed by atoms with E-state index in [4.69, 9.17) is 0 Å². The van der Waals surface area contributed by atoms with Crippen LogP contribution in [0.1, 0.15) is 62.7 Å². The fourth-order valence-corrected chi connectivity index (χ4v) is 3.71. The van der Waals surface area contributed by atoms with Gasteiger partial charge in [0.15, 0.2) is 0 Å². The maximum atomic E-state index is 10.7. The summed E-state index contributed by atoms with van der Waals surface area (Å²) in [6, 6.07) is 0.371. The van der Waals surface area contributed by atoms with Gasteiger partial charge in [0.2, 0.25) is 0 Å². The predicted molar refractivity (Wildman–Crippen MR) is 79.5 cm³/mol. The van der Waals surface area contributed by atoms with E-state index in [1.165, 1.54) is 17.7 Å². The van der Waals surface area contributed by atoms with Crippen molar-refractivity contribution in [2.45, 2.75) is 63.5 Å². The van der Waals surface area contributed by atoms with Crippen molar-refractivity contribution in [3.05, 3.63) is 17.5 Å². The molecule has 0 bridgehead atoms. The maximum Gasteiger partial charge on any atom is 0.0772 e. The van der Waals surface area contributed by atoms with E-state index in [0.717, 1.165) is 51.0 Å². The number of aromatic nitrogens is 2. The van der Waals surface area contributed by atoms with Crippen molar-refractivity contribution < 1.29 is 5.11 Å². The molecule has 0 aromatic carbocycles. The SMILES string of the molecule is CC1CCC(O)(CNC2CCCc3c2cnn3C)CC1. The fourth-order valence-electron chi connectivity index (χ4n) is 3.71. The molecule has 2 N–H and O–H groups in total. The first-order valence-electron chi connectivity index (χ1n) is 8.04. The molecule has 1 aromatic rings. The second kappa shape index (κ2) is 5.49. The molecule has 1 fully saturated rings. The summed E-state index contributed by atoms with van der Waals surface area (Å²) in [7, 11) is 2.03. The van der Waals surface area contributed by atoms with Crippen LogP contribution in [0, 0.1) is 5.92 Å². The number of aliphatic hydroxyl groups is 1. The number of hydrogen-bond acceptors (Lipinski definition) is 3. The normalized spacial score (nSPS) is 34.0. The van der Waals surface area contributed by atoms with E-state index in [9.17, 15) is 5.11 Å². The molecule has 1 saturated carbocycles. The molecule has 112 valence electrons. The van der Waals surface area contributed by atoms with E-state index in [-0.39, 0.29) is 0 Å². The monoisotopic (exact) mass is 277 g/mol. The van der Waals surface area contributed by atoms with E-state index in [1.807, 2.05) is 17.9 Å². The van der Waals surface area contributed by atoms with Crippen molar-refractivity contribution >= 4 is 0 Å². The maximum absolute atomic E-state index is 10.7. The van der Waals surface area contributed by atoms with Crippen molar-refractivity contribution in [2.75, 3.05) is 6.54 Å². The number of nitrogens with zero attached hydrogens (tertiary/aromatic N) is 2. The predicted octanol–water partition coefficient (Wildman–Crippen LogP) is 2.33. The van der Waals surface area contributed by atoms with Gasteiger partial charge in [0, 0.05) is 30.9 Å². The third-order valence-corrected chi connectivity index (χ3v) is 5.26. The number of rotatable bonds is 3. The van der Waals surface area contributed by atoms with Gasteiger partial charge >= 0.3 is 0 Å². The molecular weight excluding hydrogens is 250 g/mol. The Morgan fingerprint density at radius 3 is 2.90 bits per heavy atom. The molecule has 0 amide bonds. The van der Waals surface area contributed by atoms with E-state index in [2.05, 4.69) is 17.3 Å². The molecule has 4 heteroatoms. The van der Waals surface area contributed by atoms with Gasteiger partial charge in [-0.1, -0.05) is 6.92 Å². The number of nitrogens with one attached hydrogen (secondary N) is 1. The van der Waals surface area contributed by atoms with Crippen LogP contribution in [0.5, 0.6) is 0 Å². The summed E-state index contributed by atoms with van der Waals surface area (Å²) in [5.41, 5.74) is 2.20. The van der Waals surface area contributed by atoms with Crippen LogP contribution in [0.3, 0.4) is 0 Å². The third kappa shape index (κ3) is 2.77. The molecule has 1 unspecified atom stereocenters.